The van der Waals surface area contributed by atoms with Gasteiger partial charge in [0.15, 0.2) is 12.2 Å². The van der Waals surface area contributed by atoms with E-state index in [0.29, 0.717) is 6.39 Å². The number of alkyl halides is 2. The Morgan fingerprint density at radius 1 is 1.54 bits per heavy atom. The number of hydrogen-bond acceptors (Lipinski definition) is 4. The summed E-state index contributed by atoms with van der Waals surface area (Å²) in [6, 6.07) is 0. The summed E-state index contributed by atoms with van der Waals surface area (Å²) in [5.41, 5.74) is -0.600. The van der Waals surface area contributed by atoms with E-state index >= 15 is 0 Å². The molecule has 1 aromatic heterocycles. The van der Waals surface area contributed by atoms with E-state index in [9.17, 15) is 21.1 Å². The molecule has 0 aliphatic heterocycles. The van der Waals surface area contributed by atoms with Crippen LogP contribution in [0.5, 0.6) is 0 Å². The van der Waals surface area contributed by atoms with Gasteiger partial charge in [-0.2, -0.15) is 8.42 Å². The van der Waals surface area contributed by atoms with Gasteiger partial charge in [-0.3, -0.25) is 0 Å². The standard InChI is InChI=1S/C5H4F3NO3S/c6-5(7)4-3(9-2-12-4)1-13(8,10)11/h2,5H,1H2. The van der Waals surface area contributed by atoms with E-state index in [1.54, 1.807) is 0 Å². The maximum absolute atomic E-state index is 12.0. The van der Waals surface area contributed by atoms with Crippen molar-refractivity contribution in [2.45, 2.75) is 12.2 Å². The molecule has 4 nitrogen and oxygen atoms in total. The Morgan fingerprint density at radius 3 is 2.62 bits per heavy atom. The Morgan fingerprint density at radius 2 is 2.15 bits per heavy atom. The van der Waals surface area contributed by atoms with Gasteiger partial charge in [0.1, 0.15) is 11.4 Å². The monoisotopic (exact) mass is 215 g/mol. The normalized spacial score (nSPS) is 12.3. The summed E-state index contributed by atoms with van der Waals surface area (Å²) in [7, 11) is -4.86. The molecule has 0 fully saturated rings. The van der Waals surface area contributed by atoms with E-state index in [-0.39, 0.29) is 0 Å². The molecule has 1 heterocycles. The minimum Gasteiger partial charge on any atom is -0.442 e. The van der Waals surface area contributed by atoms with Gasteiger partial charge in [-0.1, -0.05) is 0 Å². The molecule has 0 unspecified atom stereocenters. The summed E-state index contributed by atoms with van der Waals surface area (Å²) < 4.78 is 60.4. The maximum Gasteiger partial charge on any atom is 0.308 e. The molecule has 0 spiro atoms. The number of aromatic nitrogens is 1. The van der Waals surface area contributed by atoms with Crippen LogP contribution in [0.15, 0.2) is 10.8 Å². The van der Waals surface area contributed by atoms with Crippen molar-refractivity contribution in [3.05, 3.63) is 17.8 Å². The molecule has 0 N–H and O–H groups in total. The summed E-state index contributed by atoms with van der Waals surface area (Å²) in [6.07, 6.45) is -2.36. The third kappa shape index (κ3) is 2.72. The third-order valence-corrected chi connectivity index (χ3v) is 1.80. The quantitative estimate of drug-likeness (QED) is 0.715. The second-order valence-corrected chi connectivity index (χ2v) is 3.51. The van der Waals surface area contributed by atoms with Gasteiger partial charge in [0.25, 0.3) is 6.43 Å². The van der Waals surface area contributed by atoms with Crippen molar-refractivity contribution in [1.82, 2.24) is 4.98 Å². The van der Waals surface area contributed by atoms with Gasteiger partial charge in [0, 0.05) is 0 Å². The van der Waals surface area contributed by atoms with Crippen molar-refractivity contribution in [1.29, 1.82) is 0 Å². The summed E-state index contributed by atoms with van der Waals surface area (Å²) in [5.74, 6) is -2.11. The number of oxazole rings is 1. The fourth-order valence-electron chi connectivity index (χ4n) is 0.727. The van der Waals surface area contributed by atoms with Crippen LogP contribution >= 0.6 is 0 Å². The highest BCUT2D eigenvalue weighted by molar-refractivity contribution is 7.85. The number of hydrogen-bond donors (Lipinski definition) is 0. The summed E-state index contributed by atoms with van der Waals surface area (Å²) in [4.78, 5) is 3.16. The minimum atomic E-state index is -4.86. The second kappa shape index (κ2) is 3.36. The molecule has 0 aliphatic carbocycles. The minimum absolute atomic E-state index is 0.600. The lowest BCUT2D eigenvalue weighted by Gasteiger charge is -1.95. The molecule has 0 saturated carbocycles. The largest absolute Gasteiger partial charge is 0.442 e. The summed E-state index contributed by atoms with van der Waals surface area (Å²) in [6.45, 7) is 0. The molecular formula is C5H4F3NO3S. The molecule has 0 atom stereocenters. The smallest absolute Gasteiger partial charge is 0.308 e. The number of nitrogens with zero attached hydrogens (tertiary/aromatic N) is 1. The Bertz CT molecular complexity index is 385. The maximum atomic E-state index is 12.0. The zero-order valence-corrected chi connectivity index (χ0v) is 6.89. The van der Waals surface area contributed by atoms with Crippen LogP contribution in [0.4, 0.5) is 12.7 Å². The summed E-state index contributed by atoms with van der Waals surface area (Å²) >= 11 is 0. The van der Waals surface area contributed by atoms with Gasteiger partial charge in [0.2, 0.25) is 0 Å². The van der Waals surface area contributed by atoms with Crippen molar-refractivity contribution in [2.75, 3.05) is 0 Å². The zero-order chi connectivity index (χ0) is 10.1. The Hall–Kier alpha value is -1.05. The fourth-order valence-corrected chi connectivity index (χ4v) is 1.27. The molecule has 8 heteroatoms. The molecule has 0 radical (unpaired) electrons. The molecule has 1 aromatic rings. The molecule has 74 valence electrons. The molecule has 0 aromatic carbocycles. The predicted molar refractivity (Wildman–Crippen MR) is 35.2 cm³/mol. The lowest BCUT2D eigenvalue weighted by molar-refractivity contribution is 0.120. The highest BCUT2D eigenvalue weighted by Gasteiger charge is 2.22. The van der Waals surface area contributed by atoms with Crippen LogP contribution in [-0.2, 0) is 16.0 Å². The molecule has 0 aliphatic rings. The lowest BCUT2D eigenvalue weighted by Crippen LogP contribution is -2.00. The number of rotatable bonds is 3. The van der Waals surface area contributed by atoms with E-state index in [0.717, 1.165) is 0 Å². The van der Waals surface area contributed by atoms with Crippen molar-refractivity contribution >= 4 is 10.2 Å². The first kappa shape index (κ1) is 10.0. The van der Waals surface area contributed by atoms with Crippen LogP contribution in [0.1, 0.15) is 17.9 Å². The van der Waals surface area contributed by atoms with Crippen LogP contribution in [0, 0.1) is 0 Å². The van der Waals surface area contributed by atoms with Crippen LogP contribution in [0.2, 0.25) is 0 Å². The second-order valence-electron chi connectivity index (χ2n) is 2.15. The molecule has 1 rings (SSSR count). The average Bonchev–Trinajstić information content (AvgIpc) is 2.31. The van der Waals surface area contributed by atoms with E-state index < -0.39 is 33.9 Å². The van der Waals surface area contributed by atoms with Gasteiger partial charge < -0.3 is 4.42 Å². The summed E-state index contributed by atoms with van der Waals surface area (Å²) in [5, 5.41) is 0. The van der Waals surface area contributed by atoms with E-state index in [4.69, 9.17) is 0 Å². The highest BCUT2D eigenvalue weighted by atomic mass is 32.3. The molecule has 13 heavy (non-hydrogen) atoms. The van der Waals surface area contributed by atoms with Crippen molar-refractivity contribution in [3.63, 3.8) is 0 Å². The molecule has 0 saturated heterocycles. The van der Waals surface area contributed by atoms with Gasteiger partial charge in [0.05, 0.1) is 0 Å². The van der Waals surface area contributed by atoms with Crippen molar-refractivity contribution < 1.29 is 25.5 Å². The zero-order valence-electron chi connectivity index (χ0n) is 6.08. The predicted octanol–water partition coefficient (Wildman–Crippen LogP) is 1.41. The van der Waals surface area contributed by atoms with Gasteiger partial charge in [-0.05, 0) is 0 Å². The molecule has 0 amide bonds. The first-order valence-electron chi connectivity index (χ1n) is 3.03. The highest BCUT2D eigenvalue weighted by Crippen LogP contribution is 2.23. The number of halogens is 3. The Kier molecular flexibility index (Phi) is 2.60. The van der Waals surface area contributed by atoms with Crippen LogP contribution in [-0.4, -0.2) is 13.4 Å². The van der Waals surface area contributed by atoms with E-state index in [2.05, 4.69) is 9.40 Å². The average molecular weight is 215 g/mol. The third-order valence-electron chi connectivity index (χ3n) is 1.18. The van der Waals surface area contributed by atoms with E-state index in [1.165, 1.54) is 0 Å². The fraction of sp³-hybridized carbons (Fsp3) is 0.400. The Labute approximate surface area is 71.6 Å². The van der Waals surface area contributed by atoms with E-state index in [1.807, 2.05) is 0 Å². The first-order chi connectivity index (χ1) is 5.90. The molecular weight excluding hydrogens is 211 g/mol. The lowest BCUT2D eigenvalue weighted by atomic mass is 10.4. The molecule has 0 bridgehead atoms. The van der Waals surface area contributed by atoms with Gasteiger partial charge >= 0.3 is 10.2 Å². The van der Waals surface area contributed by atoms with Crippen molar-refractivity contribution in [3.8, 4) is 0 Å². The van der Waals surface area contributed by atoms with Gasteiger partial charge in [-0.25, -0.2) is 13.8 Å². The van der Waals surface area contributed by atoms with Gasteiger partial charge in [-0.15, -0.1) is 3.89 Å². The Balaban J connectivity index is 2.96. The topological polar surface area (TPSA) is 60.2 Å². The SMILES string of the molecule is O=S(=O)(F)Cc1ncoc1C(F)F. The van der Waals surface area contributed by atoms with Crippen molar-refractivity contribution in [2.24, 2.45) is 0 Å². The van der Waals surface area contributed by atoms with Crippen LogP contribution in [0.3, 0.4) is 0 Å². The first-order valence-corrected chi connectivity index (χ1v) is 4.58. The van der Waals surface area contributed by atoms with Crippen LogP contribution < -0.4 is 0 Å². The van der Waals surface area contributed by atoms with Crippen LogP contribution in [0.25, 0.3) is 0 Å².